The zero-order chi connectivity index (χ0) is 7.84. The third-order valence-corrected chi connectivity index (χ3v) is 2.28. The van der Waals surface area contributed by atoms with Gasteiger partial charge < -0.3 is 4.42 Å². The quantitative estimate of drug-likeness (QED) is 0.671. The Hall–Kier alpha value is -0.470. The fraction of sp³-hybridized carbons (Fsp3) is 0. The molecule has 0 bridgehead atoms. The van der Waals surface area contributed by atoms with Gasteiger partial charge in [-0.15, -0.1) is 0 Å². The average molecular weight is 231 g/mol. The summed E-state index contributed by atoms with van der Waals surface area (Å²) < 4.78 is 6.09. The summed E-state index contributed by atoms with van der Waals surface area (Å²) in [5.74, 6) is 0. The molecule has 3 heteroatoms. The van der Waals surface area contributed by atoms with Gasteiger partial charge in [0.2, 0.25) is 0 Å². The van der Waals surface area contributed by atoms with Crippen molar-refractivity contribution in [3.8, 4) is 0 Å². The Morgan fingerprint density at radius 3 is 3.00 bits per heavy atom. The highest BCUT2D eigenvalue weighted by atomic mass is 79.9. The molecule has 0 N–H and O–H groups in total. The Morgan fingerprint density at radius 1 is 1.36 bits per heavy atom. The molecule has 2 rings (SSSR count). The molecule has 1 nitrogen and oxygen atoms in total. The average Bonchev–Trinajstić information content (AvgIpc) is 2.34. The third kappa shape index (κ3) is 1.17. The summed E-state index contributed by atoms with van der Waals surface area (Å²) in [7, 11) is 0. The number of halogens is 2. The number of furan rings is 1. The van der Waals surface area contributed by atoms with Crippen LogP contribution in [0, 0.1) is 0 Å². The Bertz CT molecular complexity index is 394. The van der Waals surface area contributed by atoms with Gasteiger partial charge in [0, 0.05) is 10.4 Å². The zero-order valence-electron chi connectivity index (χ0n) is 5.47. The minimum absolute atomic E-state index is 0.714. The number of fused-ring (bicyclic) bond motifs is 1. The van der Waals surface area contributed by atoms with Crippen molar-refractivity contribution in [3.63, 3.8) is 0 Å². The standard InChI is InChI=1S/C8H4BrClO/c9-7-4-6(10)3-5-1-2-11-8(5)7/h1-4H. The monoisotopic (exact) mass is 230 g/mol. The highest BCUT2D eigenvalue weighted by Crippen LogP contribution is 2.28. The SMILES string of the molecule is Clc1cc(Br)c2occc2c1. The van der Waals surface area contributed by atoms with Crippen molar-refractivity contribution in [2.75, 3.05) is 0 Å². The molecule has 0 aliphatic carbocycles. The van der Waals surface area contributed by atoms with Crippen LogP contribution in [0.15, 0.2) is 33.4 Å². The molecule has 0 saturated heterocycles. The van der Waals surface area contributed by atoms with Gasteiger partial charge in [-0.1, -0.05) is 11.6 Å². The van der Waals surface area contributed by atoms with E-state index in [1.165, 1.54) is 0 Å². The van der Waals surface area contributed by atoms with Crippen molar-refractivity contribution in [3.05, 3.63) is 34.0 Å². The van der Waals surface area contributed by atoms with Gasteiger partial charge in [-0.25, -0.2) is 0 Å². The fourth-order valence-corrected chi connectivity index (χ4v) is 1.93. The van der Waals surface area contributed by atoms with Crippen LogP contribution in [0.4, 0.5) is 0 Å². The number of hydrogen-bond donors (Lipinski definition) is 0. The van der Waals surface area contributed by atoms with Crippen LogP contribution in [0.5, 0.6) is 0 Å². The van der Waals surface area contributed by atoms with Crippen LogP contribution in [0.3, 0.4) is 0 Å². The molecule has 0 atom stereocenters. The lowest BCUT2D eigenvalue weighted by Gasteiger charge is -1.93. The predicted molar refractivity (Wildman–Crippen MR) is 48.9 cm³/mol. The van der Waals surface area contributed by atoms with E-state index >= 15 is 0 Å². The second-order valence-electron chi connectivity index (χ2n) is 2.23. The lowest BCUT2D eigenvalue weighted by Crippen LogP contribution is -1.67. The maximum Gasteiger partial charge on any atom is 0.148 e. The maximum atomic E-state index is 5.81. The van der Waals surface area contributed by atoms with Crippen molar-refractivity contribution in [1.29, 1.82) is 0 Å². The van der Waals surface area contributed by atoms with Crippen molar-refractivity contribution in [2.24, 2.45) is 0 Å². The van der Waals surface area contributed by atoms with Crippen LogP contribution in [0.25, 0.3) is 11.0 Å². The summed E-state index contributed by atoms with van der Waals surface area (Å²) in [6.07, 6.45) is 1.64. The predicted octanol–water partition coefficient (Wildman–Crippen LogP) is 3.85. The Labute approximate surface area is 77.1 Å². The Kier molecular flexibility index (Phi) is 1.66. The molecule has 0 aliphatic heterocycles. The lowest BCUT2D eigenvalue weighted by atomic mass is 10.3. The molecule has 0 spiro atoms. The summed E-state index contributed by atoms with van der Waals surface area (Å²) in [5, 5.41) is 1.73. The molecule has 56 valence electrons. The van der Waals surface area contributed by atoms with Gasteiger partial charge in [0.05, 0.1) is 10.7 Å². The molecule has 0 fully saturated rings. The first-order valence-electron chi connectivity index (χ1n) is 3.09. The highest BCUT2D eigenvalue weighted by molar-refractivity contribution is 9.10. The van der Waals surface area contributed by atoms with E-state index in [4.69, 9.17) is 16.0 Å². The summed E-state index contributed by atoms with van der Waals surface area (Å²) in [6, 6.07) is 5.56. The highest BCUT2D eigenvalue weighted by Gasteiger charge is 2.02. The van der Waals surface area contributed by atoms with Crippen LogP contribution in [0.2, 0.25) is 5.02 Å². The van der Waals surface area contributed by atoms with Crippen molar-refractivity contribution in [2.45, 2.75) is 0 Å². The minimum atomic E-state index is 0.714. The van der Waals surface area contributed by atoms with E-state index in [0.29, 0.717) is 5.02 Å². The fourth-order valence-electron chi connectivity index (χ4n) is 1.00. The van der Waals surface area contributed by atoms with Gasteiger partial charge in [-0.05, 0) is 34.1 Å². The molecule has 0 saturated carbocycles. The molecule has 0 amide bonds. The summed E-state index contributed by atoms with van der Waals surface area (Å²) in [4.78, 5) is 0. The Morgan fingerprint density at radius 2 is 2.18 bits per heavy atom. The molecule has 0 aliphatic rings. The van der Waals surface area contributed by atoms with E-state index in [1.54, 1.807) is 6.26 Å². The van der Waals surface area contributed by atoms with Crippen LogP contribution in [-0.2, 0) is 0 Å². The number of rotatable bonds is 0. The molecule has 1 heterocycles. The van der Waals surface area contributed by atoms with Crippen molar-refractivity contribution in [1.82, 2.24) is 0 Å². The van der Waals surface area contributed by atoms with E-state index in [9.17, 15) is 0 Å². The molecular formula is C8H4BrClO. The van der Waals surface area contributed by atoms with Crippen LogP contribution < -0.4 is 0 Å². The third-order valence-electron chi connectivity index (χ3n) is 1.47. The second-order valence-corrected chi connectivity index (χ2v) is 3.52. The Balaban J connectivity index is 2.91. The summed E-state index contributed by atoms with van der Waals surface area (Å²) in [5.41, 5.74) is 0.842. The van der Waals surface area contributed by atoms with E-state index in [-0.39, 0.29) is 0 Å². The van der Waals surface area contributed by atoms with E-state index in [1.807, 2.05) is 18.2 Å². The van der Waals surface area contributed by atoms with E-state index in [2.05, 4.69) is 15.9 Å². The van der Waals surface area contributed by atoms with E-state index < -0.39 is 0 Å². The number of hydrogen-bond acceptors (Lipinski definition) is 1. The van der Waals surface area contributed by atoms with Crippen molar-refractivity contribution < 1.29 is 4.42 Å². The van der Waals surface area contributed by atoms with E-state index in [0.717, 1.165) is 15.4 Å². The topological polar surface area (TPSA) is 13.1 Å². The van der Waals surface area contributed by atoms with Gasteiger partial charge in [0.1, 0.15) is 5.58 Å². The minimum Gasteiger partial charge on any atom is -0.463 e. The van der Waals surface area contributed by atoms with Crippen LogP contribution in [0.1, 0.15) is 0 Å². The van der Waals surface area contributed by atoms with Gasteiger partial charge >= 0.3 is 0 Å². The molecule has 11 heavy (non-hydrogen) atoms. The normalized spacial score (nSPS) is 10.7. The molecule has 0 radical (unpaired) electrons. The molecule has 1 aromatic carbocycles. The first kappa shape index (κ1) is 7.19. The first-order valence-corrected chi connectivity index (χ1v) is 4.27. The van der Waals surface area contributed by atoms with Gasteiger partial charge in [0.15, 0.2) is 0 Å². The van der Waals surface area contributed by atoms with Gasteiger partial charge in [-0.3, -0.25) is 0 Å². The molecule has 1 aromatic heterocycles. The maximum absolute atomic E-state index is 5.81. The van der Waals surface area contributed by atoms with Gasteiger partial charge in [0.25, 0.3) is 0 Å². The summed E-state index contributed by atoms with van der Waals surface area (Å²) >= 11 is 9.16. The van der Waals surface area contributed by atoms with Crippen LogP contribution in [-0.4, -0.2) is 0 Å². The van der Waals surface area contributed by atoms with Gasteiger partial charge in [-0.2, -0.15) is 0 Å². The second kappa shape index (κ2) is 2.54. The lowest BCUT2D eigenvalue weighted by molar-refractivity contribution is 0.614. The molecular weight excluding hydrogens is 227 g/mol. The zero-order valence-corrected chi connectivity index (χ0v) is 7.82. The first-order chi connectivity index (χ1) is 5.27. The van der Waals surface area contributed by atoms with Crippen molar-refractivity contribution >= 4 is 38.5 Å². The smallest absolute Gasteiger partial charge is 0.148 e. The molecule has 2 aromatic rings. The largest absolute Gasteiger partial charge is 0.463 e. The van der Waals surface area contributed by atoms with Crippen LogP contribution >= 0.6 is 27.5 Å². The summed E-state index contributed by atoms with van der Waals surface area (Å²) in [6.45, 7) is 0. The molecule has 0 unspecified atom stereocenters. The number of benzene rings is 1.